The molecule has 0 aliphatic carbocycles. The molecule has 2 aromatic rings. The molecule has 9 heteroatoms. The lowest BCUT2D eigenvalue weighted by Crippen LogP contribution is -2.35. The lowest BCUT2D eigenvalue weighted by molar-refractivity contribution is -0.116. The summed E-state index contributed by atoms with van der Waals surface area (Å²) in [7, 11) is -3.44. The third-order valence-electron chi connectivity index (χ3n) is 5.25. The minimum Gasteiger partial charge on any atom is -0.454 e. The van der Waals surface area contributed by atoms with Crippen LogP contribution in [0.25, 0.3) is 0 Å². The van der Waals surface area contributed by atoms with E-state index < -0.39 is 10.0 Å². The number of hydrogen-bond donors (Lipinski definition) is 1. The fraction of sp³-hybridized carbons (Fsp3) is 0.381. The molecule has 30 heavy (non-hydrogen) atoms. The van der Waals surface area contributed by atoms with E-state index in [-0.39, 0.29) is 19.1 Å². The Kier molecular flexibility index (Phi) is 6.17. The Hall–Kier alpha value is -2.29. The molecule has 0 aromatic heterocycles. The van der Waals surface area contributed by atoms with Gasteiger partial charge in [-0.3, -0.25) is 4.79 Å². The van der Waals surface area contributed by atoms with Crippen molar-refractivity contribution in [3.8, 4) is 11.5 Å². The highest BCUT2D eigenvalue weighted by Crippen LogP contribution is 2.39. The summed E-state index contributed by atoms with van der Waals surface area (Å²) >= 11 is 6.18. The number of sulfonamides is 1. The first-order chi connectivity index (χ1) is 14.4. The minimum absolute atomic E-state index is 0.131. The Bertz CT molecular complexity index is 1030. The number of rotatable bonds is 6. The standard InChI is InChI=1S/C21H23ClN2O5S/c22-17-12-19-20(29-14-28-19)13-18(17)23-21(25)9-6-15-4-7-16(8-5-15)30(26,27)24-10-2-1-3-11-24/h4-5,7-8,12-13H,1-3,6,9-11,14H2,(H,23,25). The number of carbonyl (C=O) groups is 1. The molecule has 4 rings (SSSR count). The monoisotopic (exact) mass is 450 g/mol. The van der Waals surface area contributed by atoms with Gasteiger partial charge in [-0.1, -0.05) is 30.2 Å². The number of nitrogens with one attached hydrogen (secondary N) is 1. The number of carbonyl (C=O) groups excluding carboxylic acids is 1. The van der Waals surface area contributed by atoms with Gasteiger partial charge in [0.05, 0.1) is 15.6 Å². The normalized spacial score (nSPS) is 16.4. The van der Waals surface area contributed by atoms with Crippen LogP contribution in [0.1, 0.15) is 31.2 Å². The molecule has 0 radical (unpaired) electrons. The van der Waals surface area contributed by atoms with Gasteiger partial charge < -0.3 is 14.8 Å². The Morgan fingerprint density at radius 2 is 1.70 bits per heavy atom. The van der Waals surface area contributed by atoms with Gasteiger partial charge in [-0.25, -0.2) is 8.42 Å². The Labute approximate surface area is 181 Å². The molecule has 2 aromatic carbocycles. The van der Waals surface area contributed by atoms with Gasteiger partial charge >= 0.3 is 0 Å². The molecule has 7 nitrogen and oxygen atoms in total. The van der Waals surface area contributed by atoms with Crippen LogP contribution in [0.4, 0.5) is 5.69 Å². The molecule has 0 spiro atoms. The zero-order valence-electron chi connectivity index (χ0n) is 16.4. The van der Waals surface area contributed by atoms with Crippen LogP contribution >= 0.6 is 11.6 Å². The van der Waals surface area contributed by atoms with E-state index in [0.717, 1.165) is 24.8 Å². The van der Waals surface area contributed by atoms with Gasteiger partial charge in [0.2, 0.25) is 22.7 Å². The van der Waals surface area contributed by atoms with Gasteiger partial charge in [0.15, 0.2) is 11.5 Å². The van der Waals surface area contributed by atoms with E-state index in [1.165, 1.54) is 0 Å². The Morgan fingerprint density at radius 3 is 2.40 bits per heavy atom. The number of halogens is 1. The van der Waals surface area contributed by atoms with E-state index in [4.69, 9.17) is 21.1 Å². The number of nitrogens with zero attached hydrogens (tertiary/aromatic N) is 1. The number of anilines is 1. The number of aryl methyl sites for hydroxylation is 1. The first-order valence-electron chi connectivity index (χ1n) is 9.91. The Morgan fingerprint density at radius 1 is 1.03 bits per heavy atom. The molecule has 1 saturated heterocycles. The summed E-state index contributed by atoms with van der Waals surface area (Å²) in [6, 6.07) is 10.0. The SMILES string of the molecule is O=C(CCc1ccc(S(=O)(=O)N2CCCCC2)cc1)Nc1cc2c(cc1Cl)OCO2. The molecule has 2 aliphatic heterocycles. The second kappa shape index (κ2) is 8.83. The van der Waals surface area contributed by atoms with E-state index in [1.54, 1.807) is 40.7 Å². The number of piperidine rings is 1. The highest BCUT2D eigenvalue weighted by atomic mass is 35.5. The van der Waals surface area contributed by atoms with Crippen molar-refractivity contribution in [2.45, 2.75) is 37.0 Å². The molecule has 1 N–H and O–H groups in total. The molecule has 0 atom stereocenters. The van der Waals surface area contributed by atoms with Gasteiger partial charge in [0.25, 0.3) is 0 Å². The topological polar surface area (TPSA) is 84.9 Å². The first kappa shape index (κ1) is 21.0. The van der Waals surface area contributed by atoms with Gasteiger partial charge in [-0.05, 0) is 37.0 Å². The average Bonchev–Trinajstić information content (AvgIpc) is 3.20. The largest absolute Gasteiger partial charge is 0.454 e. The van der Waals surface area contributed by atoms with Crippen LogP contribution in [0.3, 0.4) is 0 Å². The van der Waals surface area contributed by atoms with Crippen molar-refractivity contribution >= 4 is 33.2 Å². The quantitative estimate of drug-likeness (QED) is 0.723. The smallest absolute Gasteiger partial charge is 0.243 e. The van der Waals surface area contributed by atoms with Crippen molar-refractivity contribution in [3.63, 3.8) is 0 Å². The van der Waals surface area contributed by atoms with Gasteiger partial charge in [0.1, 0.15) is 0 Å². The van der Waals surface area contributed by atoms with Crippen molar-refractivity contribution in [3.05, 3.63) is 47.0 Å². The van der Waals surface area contributed by atoms with E-state index in [9.17, 15) is 13.2 Å². The van der Waals surface area contributed by atoms with Crippen molar-refractivity contribution in [2.75, 3.05) is 25.2 Å². The number of ether oxygens (including phenoxy) is 2. The van der Waals surface area contributed by atoms with Gasteiger partial charge in [-0.15, -0.1) is 0 Å². The molecular formula is C21H23ClN2O5S. The van der Waals surface area contributed by atoms with Crippen molar-refractivity contribution in [1.82, 2.24) is 4.31 Å². The van der Waals surface area contributed by atoms with Crippen LogP contribution < -0.4 is 14.8 Å². The molecule has 0 unspecified atom stereocenters. The average molecular weight is 451 g/mol. The molecule has 1 amide bonds. The third kappa shape index (κ3) is 4.55. The molecule has 0 bridgehead atoms. The molecule has 0 saturated carbocycles. The first-order valence-corrected chi connectivity index (χ1v) is 11.7. The summed E-state index contributed by atoms with van der Waals surface area (Å²) in [5, 5.41) is 3.15. The van der Waals surface area contributed by atoms with Crippen LogP contribution in [0.15, 0.2) is 41.3 Å². The van der Waals surface area contributed by atoms with E-state index >= 15 is 0 Å². The van der Waals surface area contributed by atoms with E-state index in [2.05, 4.69) is 5.32 Å². The highest BCUT2D eigenvalue weighted by Gasteiger charge is 2.25. The van der Waals surface area contributed by atoms with Crippen LogP contribution in [-0.2, 0) is 21.2 Å². The maximum atomic E-state index is 12.7. The summed E-state index contributed by atoms with van der Waals surface area (Å²) in [5.41, 5.74) is 1.36. The van der Waals surface area contributed by atoms with Crippen molar-refractivity contribution in [1.29, 1.82) is 0 Å². The van der Waals surface area contributed by atoms with Crippen molar-refractivity contribution < 1.29 is 22.7 Å². The fourth-order valence-corrected chi connectivity index (χ4v) is 5.28. The maximum Gasteiger partial charge on any atom is 0.243 e. The van der Waals surface area contributed by atoms with Crippen LogP contribution in [0.5, 0.6) is 11.5 Å². The van der Waals surface area contributed by atoms with Crippen molar-refractivity contribution in [2.24, 2.45) is 0 Å². The summed E-state index contributed by atoms with van der Waals surface area (Å²) in [5.74, 6) is 0.901. The van der Waals surface area contributed by atoms with Crippen LogP contribution in [-0.4, -0.2) is 38.5 Å². The van der Waals surface area contributed by atoms with Gasteiger partial charge in [0, 0.05) is 31.6 Å². The number of hydrogen-bond acceptors (Lipinski definition) is 5. The third-order valence-corrected chi connectivity index (χ3v) is 7.48. The zero-order chi connectivity index (χ0) is 21.1. The minimum atomic E-state index is -3.44. The summed E-state index contributed by atoms with van der Waals surface area (Å²) in [4.78, 5) is 12.6. The lowest BCUT2D eigenvalue weighted by Gasteiger charge is -2.25. The van der Waals surface area contributed by atoms with Gasteiger partial charge in [-0.2, -0.15) is 4.31 Å². The fourth-order valence-electron chi connectivity index (χ4n) is 3.57. The summed E-state index contributed by atoms with van der Waals surface area (Å²) < 4.78 is 37.5. The predicted molar refractivity (Wildman–Crippen MR) is 114 cm³/mol. The van der Waals surface area contributed by atoms with Crippen LogP contribution in [0.2, 0.25) is 5.02 Å². The lowest BCUT2D eigenvalue weighted by atomic mass is 10.1. The maximum absolute atomic E-state index is 12.7. The highest BCUT2D eigenvalue weighted by molar-refractivity contribution is 7.89. The molecule has 160 valence electrons. The number of amides is 1. The molecular weight excluding hydrogens is 428 g/mol. The summed E-state index contributed by atoms with van der Waals surface area (Å²) in [6.45, 7) is 1.28. The van der Waals surface area contributed by atoms with E-state index in [0.29, 0.717) is 46.6 Å². The molecule has 1 fully saturated rings. The summed E-state index contributed by atoms with van der Waals surface area (Å²) in [6.07, 6.45) is 3.60. The Balaban J connectivity index is 1.34. The second-order valence-corrected chi connectivity index (χ2v) is 9.69. The number of benzene rings is 2. The predicted octanol–water partition coefficient (Wildman–Crippen LogP) is 3.81. The number of fused-ring (bicyclic) bond motifs is 1. The zero-order valence-corrected chi connectivity index (χ0v) is 18.0. The van der Waals surface area contributed by atoms with Crippen LogP contribution in [0, 0.1) is 0 Å². The second-order valence-electron chi connectivity index (χ2n) is 7.34. The molecule has 2 aliphatic rings. The molecule has 2 heterocycles. The van der Waals surface area contributed by atoms with E-state index in [1.807, 2.05) is 0 Å².